The Labute approximate surface area is 152 Å². The van der Waals surface area contributed by atoms with Gasteiger partial charge in [-0.3, -0.25) is 4.79 Å². The Hall–Kier alpha value is -1.70. The third-order valence-electron chi connectivity index (χ3n) is 4.36. The molecule has 25 heavy (non-hydrogen) atoms. The highest BCUT2D eigenvalue weighted by Crippen LogP contribution is 2.16. The SMILES string of the molecule is Cc1ccc(CS(=O)(=O)N2CCN(C(=O)Cc3cccs3)CC2)cc1. The van der Waals surface area contributed by atoms with E-state index in [0.29, 0.717) is 32.6 Å². The van der Waals surface area contributed by atoms with E-state index in [1.54, 1.807) is 16.2 Å². The van der Waals surface area contributed by atoms with Crippen LogP contribution in [0.2, 0.25) is 0 Å². The maximum absolute atomic E-state index is 12.6. The van der Waals surface area contributed by atoms with Crippen LogP contribution in [0.15, 0.2) is 41.8 Å². The first-order valence-electron chi connectivity index (χ1n) is 8.27. The van der Waals surface area contributed by atoms with Crippen LogP contribution in [0.4, 0.5) is 0 Å². The Morgan fingerprint density at radius 1 is 1.08 bits per heavy atom. The zero-order valence-corrected chi connectivity index (χ0v) is 15.9. The molecule has 0 radical (unpaired) electrons. The molecule has 1 saturated heterocycles. The smallest absolute Gasteiger partial charge is 0.227 e. The molecule has 1 aliphatic heterocycles. The molecule has 0 unspecified atom stereocenters. The Morgan fingerprint density at radius 3 is 2.36 bits per heavy atom. The van der Waals surface area contributed by atoms with E-state index in [2.05, 4.69) is 0 Å². The molecule has 1 aliphatic rings. The summed E-state index contributed by atoms with van der Waals surface area (Å²) in [6, 6.07) is 11.4. The number of aryl methyl sites for hydroxylation is 1. The molecule has 7 heteroatoms. The van der Waals surface area contributed by atoms with Gasteiger partial charge in [0.15, 0.2) is 0 Å². The minimum Gasteiger partial charge on any atom is -0.340 e. The molecule has 0 saturated carbocycles. The molecular formula is C18H22N2O3S2. The molecule has 134 valence electrons. The van der Waals surface area contributed by atoms with Crippen LogP contribution in [0, 0.1) is 6.92 Å². The molecule has 0 atom stereocenters. The summed E-state index contributed by atoms with van der Waals surface area (Å²) in [5.74, 6) is 0.0780. The minimum absolute atomic E-state index is 0.0103. The molecule has 2 aromatic rings. The maximum Gasteiger partial charge on any atom is 0.227 e. The molecule has 0 bridgehead atoms. The van der Waals surface area contributed by atoms with Gasteiger partial charge in [0.2, 0.25) is 15.9 Å². The number of hydrogen-bond donors (Lipinski definition) is 0. The average Bonchev–Trinajstić information content (AvgIpc) is 3.10. The van der Waals surface area contributed by atoms with E-state index in [1.165, 1.54) is 4.31 Å². The van der Waals surface area contributed by atoms with Gasteiger partial charge in [-0.25, -0.2) is 8.42 Å². The van der Waals surface area contributed by atoms with Gasteiger partial charge in [0.05, 0.1) is 12.2 Å². The van der Waals surface area contributed by atoms with Gasteiger partial charge in [-0.1, -0.05) is 35.9 Å². The molecular weight excluding hydrogens is 356 g/mol. The normalized spacial score (nSPS) is 16.1. The van der Waals surface area contributed by atoms with Crippen LogP contribution in [0.3, 0.4) is 0 Å². The van der Waals surface area contributed by atoms with Gasteiger partial charge in [0.25, 0.3) is 0 Å². The van der Waals surface area contributed by atoms with E-state index in [1.807, 2.05) is 48.7 Å². The van der Waals surface area contributed by atoms with Crippen LogP contribution < -0.4 is 0 Å². The summed E-state index contributed by atoms with van der Waals surface area (Å²) < 4.78 is 26.7. The quantitative estimate of drug-likeness (QED) is 0.802. The molecule has 2 heterocycles. The number of amides is 1. The molecule has 1 fully saturated rings. The van der Waals surface area contributed by atoms with Gasteiger partial charge < -0.3 is 4.90 Å². The summed E-state index contributed by atoms with van der Waals surface area (Å²) in [5.41, 5.74) is 1.90. The zero-order chi connectivity index (χ0) is 17.9. The number of thiophene rings is 1. The van der Waals surface area contributed by atoms with Crippen LogP contribution in [0.5, 0.6) is 0 Å². The van der Waals surface area contributed by atoms with E-state index in [0.717, 1.165) is 16.0 Å². The highest BCUT2D eigenvalue weighted by Gasteiger charge is 2.28. The number of carbonyl (C=O) groups is 1. The lowest BCUT2D eigenvalue weighted by Crippen LogP contribution is -2.51. The molecule has 1 amide bonds. The van der Waals surface area contributed by atoms with Crippen molar-refractivity contribution in [2.24, 2.45) is 0 Å². The van der Waals surface area contributed by atoms with Gasteiger partial charge in [-0.15, -0.1) is 11.3 Å². The number of rotatable bonds is 5. The van der Waals surface area contributed by atoms with Crippen molar-refractivity contribution in [3.8, 4) is 0 Å². The number of carbonyl (C=O) groups excluding carboxylic acids is 1. The van der Waals surface area contributed by atoms with Gasteiger partial charge in [-0.2, -0.15) is 4.31 Å². The molecule has 3 rings (SSSR count). The lowest BCUT2D eigenvalue weighted by Gasteiger charge is -2.34. The number of benzene rings is 1. The Bertz CT molecular complexity index is 807. The third kappa shape index (κ3) is 4.68. The lowest BCUT2D eigenvalue weighted by atomic mass is 10.2. The maximum atomic E-state index is 12.6. The largest absolute Gasteiger partial charge is 0.340 e. The highest BCUT2D eigenvalue weighted by molar-refractivity contribution is 7.88. The molecule has 0 aliphatic carbocycles. The predicted molar refractivity (Wildman–Crippen MR) is 100.0 cm³/mol. The fourth-order valence-electron chi connectivity index (χ4n) is 2.88. The van der Waals surface area contributed by atoms with Crippen LogP contribution >= 0.6 is 11.3 Å². The fraction of sp³-hybridized carbons (Fsp3) is 0.389. The monoisotopic (exact) mass is 378 g/mol. The van der Waals surface area contributed by atoms with Crippen molar-refractivity contribution in [3.63, 3.8) is 0 Å². The van der Waals surface area contributed by atoms with E-state index >= 15 is 0 Å². The second-order valence-corrected chi connectivity index (χ2v) is 9.28. The third-order valence-corrected chi connectivity index (χ3v) is 7.09. The first-order valence-corrected chi connectivity index (χ1v) is 10.8. The number of hydrogen-bond acceptors (Lipinski definition) is 4. The first-order chi connectivity index (χ1) is 11.9. The molecule has 1 aromatic heterocycles. The number of sulfonamides is 1. The molecule has 0 N–H and O–H groups in total. The second kappa shape index (κ2) is 7.68. The van der Waals surface area contributed by atoms with Crippen molar-refractivity contribution in [3.05, 3.63) is 57.8 Å². The standard InChI is InChI=1S/C18H22N2O3S2/c1-15-4-6-16(7-5-15)14-25(22,23)20-10-8-19(9-11-20)18(21)13-17-3-2-12-24-17/h2-7,12H,8-11,13-14H2,1H3. The van der Waals surface area contributed by atoms with Crippen molar-refractivity contribution in [1.82, 2.24) is 9.21 Å². The van der Waals surface area contributed by atoms with Crippen molar-refractivity contribution >= 4 is 27.3 Å². The van der Waals surface area contributed by atoms with Crippen molar-refractivity contribution in [2.75, 3.05) is 26.2 Å². The van der Waals surface area contributed by atoms with Gasteiger partial charge in [-0.05, 0) is 23.9 Å². The zero-order valence-electron chi connectivity index (χ0n) is 14.2. The topological polar surface area (TPSA) is 57.7 Å². The molecule has 5 nitrogen and oxygen atoms in total. The summed E-state index contributed by atoms with van der Waals surface area (Å²) in [5, 5.41) is 1.96. The molecule has 1 aromatic carbocycles. The van der Waals surface area contributed by atoms with Crippen LogP contribution in [0.25, 0.3) is 0 Å². The van der Waals surface area contributed by atoms with Crippen LogP contribution in [-0.4, -0.2) is 49.7 Å². The van der Waals surface area contributed by atoms with Gasteiger partial charge in [0, 0.05) is 31.1 Å². The summed E-state index contributed by atoms with van der Waals surface area (Å²) in [7, 11) is -3.35. The van der Waals surface area contributed by atoms with E-state index < -0.39 is 10.0 Å². The lowest BCUT2D eigenvalue weighted by molar-refractivity contribution is -0.131. The average molecular weight is 379 g/mol. The van der Waals surface area contributed by atoms with Crippen molar-refractivity contribution < 1.29 is 13.2 Å². The fourth-order valence-corrected chi connectivity index (χ4v) is 5.09. The number of nitrogens with zero attached hydrogens (tertiary/aromatic N) is 2. The summed E-state index contributed by atoms with van der Waals surface area (Å²) in [4.78, 5) is 15.1. The van der Waals surface area contributed by atoms with Gasteiger partial charge >= 0.3 is 0 Å². The van der Waals surface area contributed by atoms with Crippen molar-refractivity contribution in [2.45, 2.75) is 19.1 Å². The van der Waals surface area contributed by atoms with E-state index in [-0.39, 0.29) is 11.7 Å². The Kier molecular flexibility index (Phi) is 5.56. The highest BCUT2D eigenvalue weighted by atomic mass is 32.2. The van der Waals surface area contributed by atoms with E-state index in [4.69, 9.17) is 0 Å². The van der Waals surface area contributed by atoms with Crippen LogP contribution in [-0.2, 0) is 27.0 Å². The first kappa shape index (κ1) is 18.1. The second-order valence-electron chi connectivity index (χ2n) is 6.28. The summed E-state index contributed by atoms with van der Waals surface area (Å²) >= 11 is 1.57. The van der Waals surface area contributed by atoms with E-state index in [9.17, 15) is 13.2 Å². The van der Waals surface area contributed by atoms with Crippen molar-refractivity contribution in [1.29, 1.82) is 0 Å². The molecule has 0 spiro atoms. The number of piperazine rings is 1. The summed E-state index contributed by atoms with van der Waals surface area (Å²) in [6.07, 6.45) is 0.397. The van der Waals surface area contributed by atoms with Crippen LogP contribution in [0.1, 0.15) is 16.0 Å². The Morgan fingerprint density at radius 2 is 1.76 bits per heavy atom. The summed E-state index contributed by atoms with van der Waals surface area (Å²) in [6.45, 7) is 3.62. The Balaban J connectivity index is 1.55. The van der Waals surface area contributed by atoms with Gasteiger partial charge in [0.1, 0.15) is 0 Å². The predicted octanol–water partition coefficient (Wildman–Crippen LogP) is 2.27. The minimum atomic E-state index is -3.35.